The van der Waals surface area contributed by atoms with Gasteiger partial charge in [-0.05, 0) is 37.7 Å². The molecule has 0 saturated carbocycles. The molecule has 2 rings (SSSR count). The summed E-state index contributed by atoms with van der Waals surface area (Å²) in [6.45, 7) is 3.21. The van der Waals surface area contributed by atoms with Crippen LogP contribution in [-0.4, -0.2) is 29.5 Å². The van der Waals surface area contributed by atoms with Crippen molar-refractivity contribution in [2.75, 3.05) is 18.8 Å². The average molecular weight is 288 g/mol. The first-order chi connectivity index (χ1) is 9.64. The number of benzene rings is 1. The second-order valence-electron chi connectivity index (χ2n) is 5.14. The summed E-state index contributed by atoms with van der Waals surface area (Å²) in [4.78, 5) is 12.3. The Labute approximate surface area is 124 Å². The lowest BCUT2D eigenvalue weighted by Gasteiger charge is -2.23. The summed E-state index contributed by atoms with van der Waals surface area (Å²) in [7, 11) is 0. The fraction of sp³-hybridized carbons (Fsp3) is 0.438. The predicted molar refractivity (Wildman–Crippen MR) is 84.8 cm³/mol. The third-order valence-electron chi connectivity index (χ3n) is 3.42. The monoisotopic (exact) mass is 288 g/mol. The number of thioether (sulfide) groups is 1. The summed E-state index contributed by atoms with van der Waals surface area (Å²) in [5.74, 6) is 6.88. The largest absolute Gasteiger partial charge is 0.351 e. The molecule has 1 saturated heterocycles. The molecule has 106 valence electrons. The van der Waals surface area contributed by atoms with Gasteiger partial charge in [0.15, 0.2) is 0 Å². The van der Waals surface area contributed by atoms with Crippen molar-refractivity contribution < 1.29 is 4.79 Å². The molecule has 0 spiro atoms. The Morgan fingerprint density at radius 1 is 1.50 bits per heavy atom. The van der Waals surface area contributed by atoms with Crippen LogP contribution in [0.4, 0.5) is 0 Å². The van der Waals surface area contributed by atoms with Gasteiger partial charge < -0.3 is 11.1 Å². The van der Waals surface area contributed by atoms with Gasteiger partial charge in [-0.1, -0.05) is 24.0 Å². The molecule has 1 fully saturated rings. The summed E-state index contributed by atoms with van der Waals surface area (Å²) >= 11 is 1.94. The van der Waals surface area contributed by atoms with Gasteiger partial charge in [0, 0.05) is 16.9 Å². The fourth-order valence-electron chi connectivity index (χ4n) is 2.28. The molecule has 1 aliphatic rings. The van der Waals surface area contributed by atoms with Crippen LogP contribution in [0.3, 0.4) is 0 Å². The van der Waals surface area contributed by atoms with Crippen LogP contribution < -0.4 is 11.1 Å². The molecular weight excluding hydrogens is 268 g/mol. The summed E-state index contributed by atoms with van der Waals surface area (Å²) in [5, 5.41) is 3.04. The van der Waals surface area contributed by atoms with Gasteiger partial charge in [0.2, 0.25) is 0 Å². The fourth-order valence-corrected chi connectivity index (χ4v) is 3.52. The van der Waals surface area contributed by atoms with Gasteiger partial charge in [0.05, 0.1) is 12.1 Å². The van der Waals surface area contributed by atoms with Crippen LogP contribution in [0.15, 0.2) is 24.3 Å². The Hall–Kier alpha value is -1.44. The lowest BCUT2D eigenvalue weighted by molar-refractivity contribution is 0.0949. The molecule has 0 aliphatic carbocycles. The van der Waals surface area contributed by atoms with Gasteiger partial charge in [0.1, 0.15) is 0 Å². The van der Waals surface area contributed by atoms with E-state index in [9.17, 15) is 4.79 Å². The van der Waals surface area contributed by atoms with Gasteiger partial charge in [-0.15, -0.1) is 0 Å². The highest BCUT2D eigenvalue weighted by atomic mass is 32.2. The van der Waals surface area contributed by atoms with Gasteiger partial charge in [-0.25, -0.2) is 0 Å². The van der Waals surface area contributed by atoms with E-state index in [1.165, 1.54) is 12.2 Å². The molecule has 3 nitrogen and oxygen atoms in total. The maximum Gasteiger partial charge on any atom is 0.252 e. The second kappa shape index (κ2) is 6.83. The molecule has 1 atom stereocenters. The molecule has 1 aromatic rings. The molecule has 1 amide bonds. The normalized spacial score (nSPS) is 21.1. The number of hydrogen-bond donors (Lipinski definition) is 2. The Morgan fingerprint density at radius 3 is 3.00 bits per heavy atom. The van der Waals surface area contributed by atoms with Crippen LogP contribution in [0.2, 0.25) is 0 Å². The van der Waals surface area contributed by atoms with E-state index in [0.717, 1.165) is 12.0 Å². The second-order valence-corrected chi connectivity index (χ2v) is 6.82. The number of carbonyl (C=O) groups is 1. The third kappa shape index (κ3) is 3.78. The molecule has 1 unspecified atom stereocenters. The highest BCUT2D eigenvalue weighted by Crippen LogP contribution is 2.36. The molecule has 20 heavy (non-hydrogen) atoms. The van der Waals surface area contributed by atoms with E-state index in [-0.39, 0.29) is 10.7 Å². The van der Waals surface area contributed by atoms with Gasteiger partial charge in [0.25, 0.3) is 5.91 Å². The van der Waals surface area contributed by atoms with Gasteiger partial charge in [-0.2, -0.15) is 11.8 Å². The van der Waals surface area contributed by atoms with Crippen LogP contribution in [0.1, 0.15) is 35.7 Å². The zero-order chi connectivity index (χ0) is 14.4. The standard InChI is InChI=1S/C16H20N2OS/c1-16(9-5-11-20-16)12-18-15(19)14-8-3-2-6-13(14)7-4-10-17/h2-3,6,8H,5,9-12,17H2,1H3,(H,18,19). The topological polar surface area (TPSA) is 55.1 Å². The van der Waals surface area contributed by atoms with Crippen molar-refractivity contribution in [2.45, 2.75) is 24.5 Å². The number of amides is 1. The SMILES string of the molecule is CC1(CNC(=O)c2ccccc2C#CCN)CCCS1. The van der Waals surface area contributed by atoms with E-state index < -0.39 is 0 Å². The van der Waals surface area contributed by atoms with E-state index in [1.807, 2.05) is 30.0 Å². The number of carbonyl (C=O) groups excluding carboxylic acids is 1. The lowest BCUT2D eigenvalue weighted by Crippen LogP contribution is -2.37. The smallest absolute Gasteiger partial charge is 0.252 e. The summed E-state index contributed by atoms with van der Waals surface area (Å²) in [5.41, 5.74) is 6.75. The molecule has 0 radical (unpaired) electrons. The summed E-state index contributed by atoms with van der Waals surface area (Å²) < 4.78 is 0.174. The first-order valence-corrected chi connectivity index (χ1v) is 7.83. The molecule has 1 heterocycles. The maximum atomic E-state index is 12.3. The van der Waals surface area contributed by atoms with Crippen molar-refractivity contribution >= 4 is 17.7 Å². The molecule has 4 heteroatoms. The molecule has 1 aliphatic heterocycles. The first kappa shape index (κ1) is 15.0. The van der Waals surface area contributed by atoms with Crippen molar-refractivity contribution in [1.29, 1.82) is 0 Å². The predicted octanol–water partition coefficient (Wildman–Crippen LogP) is 2.01. The molecule has 1 aromatic carbocycles. The molecule has 0 bridgehead atoms. The number of nitrogens with two attached hydrogens (primary N) is 1. The zero-order valence-electron chi connectivity index (χ0n) is 11.7. The Kier molecular flexibility index (Phi) is 5.11. The average Bonchev–Trinajstić information content (AvgIpc) is 2.90. The van der Waals surface area contributed by atoms with E-state index in [0.29, 0.717) is 18.7 Å². The first-order valence-electron chi connectivity index (χ1n) is 6.85. The quantitative estimate of drug-likeness (QED) is 0.837. The number of rotatable bonds is 3. The van der Waals surface area contributed by atoms with Crippen molar-refractivity contribution in [2.24, 2.45) is 5.73 Å². The van der Waals surface area contributed by atoms with Crippen LogP contribution in [0.5, 0.6) is 0 Å². The Morgan fingerprint density at radius 2 is 2.30 bits per heavy atom. The summed E-state index contributed by atoms with van der Waals surface area (Å²) in [6.07, 6.45) is 2.39. The van der Waals surface area contributed by atoms with Crippen molar-refractivity contribution in [3.8, 4) is 11.8 Å². The van der Waals surface area contributed by atoms with Crippen molar-refractivity contribution in [3.05, 3.63) is 35.4 Å². The minimum atomic E-state index is -0.0550. The van der Waals surface area contributed by atoms with Crippen molar-refractivity contribution in [1.82, 2.24) is 5.32 Å². The zero-order valence-corrected chi connectivity index (χ0v) is 12.6. The van der Waals surface area contributed by atoms with E-state index in [1.54, 1.807) is 6.07 Å². The molecule has 3 N–H and O–H groups in total. The highest BCUT2D eigenvalue weighted by Gasteiger charge is 2.29. The molecule has 0 aromatic heterocycles. The van der Waals surface area contributed by atoms with Crippen LogP contribution in [0.25, 0.3) is 0 Å². The van der Waals surface area contributed by atoms with Crippen LogP contribution >= 0.6 is 11.8 Å². The molecular formula is C16H20N2OS. The Bertz CT molecular complexity index is 539. The van der Waals surface area contributed by atoms with E-state index in [2.05, 4.69) is 24.1 Å². The van der Waals surface area contributed by atoms with Crippen LogP contribution in [-0.2, 0) is 0 Å². The van der Waals surface area contributed by atoms with Crippen molar-refractivity contribution in [3.63, 3.8) is 0 Å². The van der Waals surface area contributed by atoms with E-state index >= 15 is 0 Å². The number of nitrogens with one attached hydrogen (secondary N) is 1. The minimum absolute atomic E-state index is 0.0550. The van der Waals surface area contributed by atoms with Gasteiger partial charge in [-0.3, -0.25) is 4.79 Å². The third-order valence-corrected chi connectivity index (χ3v) is 4.96. The number of hydrogen-bond acceptors (Lipinski definition) is 3. The minimum Gasteiger partial charge on any atom is -0.351 e. The van der Waals surface area contributed by atoms with E-state index in [4.69, 9.17) is 5.73 Å². The summed E-state index contributed by atoms with van der Waals surface area (Å²) in [6, 6.07) is 7.39. The van der Waals surface area contributed by atoms with Gasteiger partial charge >= 0.3 is 0 Å². The Balaban J connectivity index is 2.05. The lowest BCUT2D eigenvalue weighted by atomic mass is 10.0. The maximum absolute atomic E-state index is 12.3. The van der Waals surface area contributed by atoms with Crippen LogP contribution in [0, 0.1) is 11.8 Å². The highest BCUT2D eigenvalue weighted by molar-refractivity contribution is 8.00.